The van der Waals surface area contributed by atoms with E-state index in [9.17, 15) is 9.59 Å². The number of thiazole rings is 2. The topological polar surface area (TPSA) is 94.1 Å². The SMILES string of the molecule is COC(=O)c1sc(NC(=O)Cc2csc(-c3ccccn3)n2)nc1C. The first kappa shape index (κ1) is 17.2. The van der Waals surface area contributed by atoms with Crippen LogP contribution in [0.2, 0.25) is 0 Å². The molecule has 9 heteroatoms. The van der Waals surface area contributed by atoms with Crippen LogP contribution in [0, 0.1) is 6.92 Å². The number of aryl methyl sites for hydroxylation is 1. The van der Waals surface area contributed by atoms with Crippen LogP contribution < -0.4 is 5.32 Å². The number of pyridine rings is 1. The molecule has 3 heterocycles. The van der Waals surface area contributed by atoms with E-state index in [-0.39, 0.29) is 12.3 Å². The van der Waals surface area contributed by atoms with E-state index in [4.69, 9.17) is 0 Å². The van der Waals surface area contributed by atoms with Crippen molar-refractivity contribution in [3.8, 4) is 10.7 Å². The third kappa shape index (κ3) is 4.06. The third-order valence-corrected chi connectivity index (χ3v) is 5.16. The molecule has 0 fully saturated rings. The first-order valence-electron chi connectivity index (χ1n) is 7.28. The van der Waals surface area contributed by atoms with Crippen molar-refractivity contribution in [3.63, 3.8) is 0 Å². The van der Waals surface area contributed by atoms with Crippen LogP contribution in [0.25, 0.3) is 10.7 Å². The van der Waals surface area contributed by atoms with Crippen molar-refractivity contribution in [3.05, 3.63) is 46.0 Å². The quantitative estimate of drug-likeness (QED) is 0.690. The average molecular weight is 374 g/mol. The van der Waals surface area contributed by atoms with Crippen LogP contribution in [0.5, 0.6) is 0 Å². The molecule has 7 nitrogen and oxygen atoms in total. The van der Waals surface area contributed by atoms with Crippen molar-refractivity contribution in [2.45, 2.75) is 13.3 Å². The summed E-state index contributed by atoms with van der Waals surface area (Å²) in [5.41, 5.74) is 1.96. The first-order chi connectivity index (χ1) is 12.1. The third-order valence-electron chi connectivity index (χ3n) is 3.19. The Kier molecular flexibility index (Phi) is 5.15. The van der Waals surface area contributed by atoms with Gasteiger partial charge in [0.15, 0.2) is 5.13 Å². The first-order valence-corrected chi connectivity index (χ1v) is 8.98. The summed E-state index contributed by atoms with van der Waals surface area (Å²) in [6.45, 7) is 1.69. The molecule has 0 saturated carbocycles. The number of ether oxygens (including phenoxy) is 1. The minimum absolute atomic E-state index is 0.121. The van der Waals surface area contributed by atoms with Crippen LogP contribution in [0.4, 0.5) is 5.13 Å². The van der Waals surface area contributed by atoms with Gasteiger partial charge in [0.1, 0.15) is 9.88 Å². The van der Waals surface area contributed by atoms with Gasteiger partial charge >= 0.3 is 5.97 Å². The van der Waals surface area contributed by atoms with Gasteiger partial charge in [-0.25, -0.2) is 14.8 Å². The number of hydrogen-bond acceptors (Lipinski definition) is 8. The number of aromatic nitrogens is 3. The number of rotatable bonds is 5. The van der Waals surface area contributed by atoms with Crippen LogP contribution in [0.15, 0.2) is 29.8 Å². The lowest BCUT2D eigenvalue weighted by Gasteiger charge is -1.99. The average Bonchev–Trinajstić information content (AvgIpc) is 3.21. The number of hydrogen-bond donors (Lipinski definition) is 1. The van der Waals surface area contributed by atoms with Gasteiger partial charge in [-0.15, -0.1) is 11.3 Å². The maximum Gasteiger partial charge on any atom is 0.350 e. The van der Waals surface area contributed by atoms with E-state index < -0.39 is 5.97 Å². The smallest absolute Gasteiger partial charge is 0.350 e. The van der Waals surface area contributed by atoms with Gasteiger partial charge in [0.05, 0.1) is 30.6 Å². The Balaban J connectivity index is 1.65. The van der Waals surface area contributed by atoms with Crippen molar-refractivity contribution in [2.75, 3.05) is 12.4 Å². The molecule has 0 aliphatic carbocycles. The zero-order valence-corrected chi connectivity index (χ0v) is 15.1. The van der Waals surface area contributed by atoms with Gasteiger partial charge in [0, 0.05) is 11.6 Å². The van der Waals surface area contributed by atoms with E-state index in [2.05, 4.69) is 25.0 Å². The molecule has 0 aromatic carbocycles. The minimum Gasteiger partial charge on any atom is -0.465 e. The monoisotopic (exact) mass is 374 g/mol. The molecule has 0 radical (unpaired) electrons. The summed E-state index contributed by atoms with van der Waals surface area (Å²) in [7, 11) is 1.31. The summed E-state index contributed by atoms with van der Waals surface area (Å²) in [5, 5.41) is 5.65. The van der Waals surface area contributed by atoms with E-state index >= 15 is 0 Å². The molecule has 25 heavy (non-hydrogen) atoms. The van der Waals surface area contributed by atoms with Gasteiger partial charge in [0.25, 0.3) is 0 Å². The molecular formula is C16H14N4O3S2. The summed E-state index contributed by atoms with van der Waals surface area (Å²) in [5.74, 6) is -0.710. The van der Waals surface area contributed by atoms with Crippen LogP contribution >= 0.6 is 22.7 Å². The van der Waals surface area contributed by atoms with Crippen LogP contribution in [0.3, 0.4) is 0 Å². The molecule has 128 valence electrons. The number of nitrogens with zero attached hydrogens (tertiary/aromatic N) is 3. The van der Waals surface area contributed by atoms with Crippen LogP contribution in [0.1, 0.15) is 21.1 Å². The summed E-state index contributed by atoms with van der Waals surface area (Å²) in [6.07, 6.45) is 1.82. The van der Waals surface area contributed by atoms with Gasteiger partial charge in [-0.3, -0.25) is 9.78 Å². The van der Waals surface area contributed by atoms with E-state index in [1.165, 1.54) is 18.4 Å². The Labute approximate surface area is 151 Å². The van der Waals surface area contributed by atoms with Crippen LogP contribution in [-0.4, -0.2) is 33.9 Å². The maximum atomic E-state index is 12.2. The van der Waals surface area contributed by atoms with Crippen molar-refractivity contribution >= 4 is 39.7 Å². The maximum absolute atomic E-state index is 12.2. The second kappa shape index (κ2) is 7.49. The summed E-state index contributed by atoms with van der Waals surface area (Å²) < 4.78 is 4.68. The van der Waals surface area contributed by atoms with E-state index in [0.29, 0.717) is 21.4 Å². The molecule has 1 amide bonds. The zero-order chi connectivity index (χ0) is 17.8. The Morgan fingerprint density at radius 1 is 1.28 bits per heavy atom. The standard InChI is InChI=1S/C16H14N4O3S2/c1-9-13(15(22)23-2)25-16(18-9)20-12(21)7-10-8-24-14(19-10)11-5-3-4-6-17-11/h3-6,8H,7H2,1-2H3,(H,18,20,21). The summed E-state index contributed by atoms with van der Waals surface area (Å²) in [6, 6.07) is 5.60. The molecule has 1 N–H and O–H groups in total. The van der Waals surface area contributed by atoms with E-state index in [1.807, 2.05) is 23.6 Å². The highest BCUT2D eigenvalue weighted by molar-refractivity contribution is 7.17. The summed E-state index contributed by atoms with van der Waals surface area (Å²) >= 11 is 2.52. The van der Waals surface area contributed by atoms with Crippen LogP contribution in [-0.2, 0) is 16.0 Å². The van der Waals surface area contributed by atoms with Gasteiger partial charge < -0.3 is 10.1 Å². The Hall–Kier alpha value is -2.65. The van der Waals surface area contributed by atoms with Crippen molar-refractivity contribution in [2.24, 2.45) is 0 Å². The van der Waals surface area contributed by atoms with Crippen molar-refractivity contribution in [1.82, 2.24) is 15.0 Å². The number of esters is 1. The molecule has 0 spiro atoms. The van der Waals surface area contributed by atoms with E-state index in [0.717, 1.165) is 22.0 Å². The summed E-state index contributed by atoms with van der Waals surface area (Å²) in [4.78, 5) is 37.0. The van der Waals surface area contributed by atoms with E-state index in [1.54, 1.807) is 13.1 Å². The minimum atomic E-state index is -0.463. The molecule has 0 aliphatic rings. The van der Waals surface area contributed by atoms with Gasteiger partial charge in [-0.1, -0.05) is 17.4 Å². The second-order valence-electron chi connectivity index (χ2n) is 5.01. The number of methoxy groups -OCH3 is 1. The zero-order valence-electron chi connectivity index (χ0n) is 13.5. The lowest BCUT2D eigenvalue weighted by molar-refractivity contribution is -0.115. The highest BCUT2D eigenvalue weighted by Crippen LogP contribution is 2.24. The normalized spacial score (nSPS) is 10.5. The Morgan fingerprint density at radius 3 is 2.84 bits per heavy atom. The molecule has 3 aromatic rings. The Bertz CT molecular complexity index is 905. The fraction of sp³-hybridized carbons (Fsp3) is 0.188. The molecular weight excluding hydrogens is 360 g/mol. The van der Waals surface area contributed by atoms with Gasteiger partial charge in [-0.2, -0.15) is 0 Å². The largest absolute Gasteiger partial charge is 0.465 e. The predicted octanol–water partition coefficient (Wildman–Crippen LogP) is 2.94. The highest BCUT2D eigenvalue weighted by atomic mass is 32.1. The molecule has 0 bridgehead atoms. The lowest BCUT2D eigenvalue weighted by atomic mass is 10.3. The highest BCUT2D eigenvalue weighted by Gasteiger charge is 2.17. The number of carbonyl (C=O) groups is 2. The second-order valence-corrected chi connectivity index (χ2v) is 6.87. The molecule has 3 aromatic heterocycles. The van der Waals surface area contributed by atoms with Gasteiger partial charge in [0.2, 0.25) is 5.91 Å². The predicted molar refractivity (Wildman–Crippen MR) is 95.9 cm³/mol. The molecule has 0 unspecified atom stereocenters. The number of amides is 1. The van der Waals surface area contributed by atoms with Crippen molar-refractivity contribution in [1.29, 1.82) is 0 Å². The number of anilines is 1. The Morgan fingerprint density at radius 2 is 2.12 bits per heavy atom. The molecule has 0 saturated heterocycles. The number of carbonyl (C=O) groups excluding carboxylic acids is 2. The van der Waals surface area contributed by atoms with Gasteiger partial charge in [-0.05, 0) is 19.1 Å². The molecule has 3 rings (SSSR count). The fourth-order valence-electron chi connectivity index (χ4n) is 2.06. The lowest BCUT2D eigenvalue weighted by Crippen LogP contribution is -2.14. The molecule has 0 atom stereocenters. The van der Waals surface area contributed by atoms with Crippen molar-refractivity contribution < 1.29 is 14.3 Å². The fourth-order valence-corrected chi connectivity index (χ4v) is 3.75. The number of nitrogens with one attached hydrogen (secondary N) is 1. The molecule has 0 aliphatic heterocycles.